The van der Waals surface area contributed by atoms with E-state index in [1.54, 1.807) is 7.05 Å². The average Bonchev–Trinajstić information content (AvgIpc) is 2.30. The highest BCUT2D eigenvalue weighted by Gasteiger charge is 2.19. The highest BCUT2D eigenvalue weighted by atomic mass is 16.6. The maximum atomic E-state index is 11.6. The van der Waals surface area contributed by atoms with Gasteiger partial charge in [0.05, 0.1) is 19.8 Å². The molecule has 0 N–H and O–H groups in total. The number of ether oxygens (including phenoxy) is 3. The molecule has 0 bridgehead atoms. The van der Waals surface area contributed by atoms with Crippen molar-refractivity contribution in [3.05, 3.63) is 0 Å². The van der Waals surface area contributed by atoms with E-state index in [2.05, 4.69) is 6.92 Å². The molecule has 1 amide bonds. The van der Waals surface area contributed by atoms with Crippen LogP contribution in [-0.2, 0) is 14.2 Å². The van der Waals surface area contributed by atoms with Gasteiger partial charge in [0.15, 0.2) is 0 Å². The Hall–Kier alpha value is -0.810. The Morgan fingerprint density at radius 2 is 1.63 bits per heavy atom. The van der Waals surface area contributed by atoms with Gasteiger partial charge in [-0.2, -0.15) is 0 Å². The van der Waals surface area contributed by atoms with E-state index in [1.165, 1.54) is 4.90 Å². The molecule has 0 saturated heterocycles. The van der Waals surface area contributed by atoms with Gasteiger partial charge in [0.2, 0.25) is 0 Å². The smallest absolute Gasteiger partial charge is 0.410 e. The summed E-state index contributed by atoms with van der Waals surface area (Å²) < 4.78 is 16.0. The molecule has 0 rings (SSSR count). The van der Waals surface area contributed by atoms with Crippen LogP contribution in [0.25, 0.3) is 0 Å². The van der Waals surface area contributed by atoms with Crippen LogP contribution in [0.4, 0.5) is 4.79 Å². The topological polar surface area (TPSA) is 48.0 Å². The molecule has 0 heterocycles. The monoisotopic (exact) mass is 275 g/mol. The van der Waals surface area contributed by atoms with Crippen LogP contribution in [0.1, 0.15) is 40.5 Å². The normalized spacial score (nSPS) is 11.4. The first kappa shape index (κ1) is 18.2. The summed E-state index contributed by atoms with van der Waals surface area (Å²) in [5.74, 6) is 0. The molecule has 0 aromatic carbocycles. The van der Waals surface area contributed by atoms with Crippen LogP contribution < -0.4 is 0 Å². The predicted molar refractivity (Wildman–Crippen MR) is 75.4 cm³/mol. The summed E-state index contributed by atoms with van der Waals surface area (Å²) in [6, 6.07) is 0. The van der Waals surface area contributed by atoms with Crippen molar-refractivity contribution >= 4 is 6.09 Å². The fourth-order valence-electron chi connectivity index (χ4n) is 1.20. The summed E-state index contributed by atoms with van der Waals surface area (Å²) in [6.45, 7) is 10.7. The molecule has 0 atom stereocenters. The summed E-state index contributed by atoms with van der Waals surface area (Å²) in [5, 5.41) is 0. The molecule has 0 aliphatic carbocycles. The first-order chi connectivity index (χ1) is 8.87. The minimum atomic E-state index is -0.459. The van der Waals surface area contributed by atoms with Crippen molar-refractivity contribution in [3.8, 4) is 0 Å². The number of carbonyl (C=O) groups is 1. The second-order valence-electron chi connectivity index (χ2n) is 5.48. The zero-order valence-corrected chi connectivity index (χ0v) is 13.0. The van der Waals surface area contributed by atoms with Crippen LogP contribution in [0.5, 0.6) is 0 Å². The molecule has 0 aliphatic rings. The zero-order valence-electron chi connectivity index (χ0n) is 13.0. The molecule has 0 aromatic heterocycles. The van der Waals surface area contributed by atoms with E-state index in [4.69, 9.17) is 14.2 Å². The Labute approximate surface area is 117 Å². The number of carbonyl (C=O) groups excluding carboxylic acids is 1. The predicted octanol–water partition coefficient (Wildman–Crippen LogP) is 2.69. The average molecular weight is 275 g/mol. The third-order valence-electron chi connectivity index (χ3n) is 2.29. The Bertz CT molecular complexity index is 238. The summed E-state index contributed by atoms with van der Waals surface area (Å²) >= 11 is 0. The molecule has 0 saturated carbocycles. The molecule has 0 radical (unpaired) electrons. The molecule has 5 heteroatoms. The quantitative estimate of drug-likeness (QED) is 0.607. The van der Waals surface area contributed by atoms with Crippen LogP contribution >= 0.6 is 0 Å². The Kier molecular flexibility index (Phi) is 9.61. The maximum absolute atomic E-state index is 11.6. The van der Waals surface area contributed by atoms with Crippen molar-refractivity contribution in [1.29, 1.82) is 0 Å². The molecule has 5 nitrogen and oxygen atoms in total. The molecule has 114 valence electrons. The summed E-state index contributed by atoms with van der Waals surface area (Å²) in [5.41, 5.74) is -0.459. The van der Waals surface area contributed by atoms with Gasteiger partial charge in [-0.25, -0.2) is 4.79 Å². The lowest BCUT2D eigenvalue weighted by molar-refractivity contribution is 0.0158. The van der Waals surface area contributed by atoms with Crippen molar-refractivity contribution in [3.63, 3.8) is 0 Å². The van der Waals surface area contributed by atoms with E-state index in [-0.39, 0.29) is 6.09 Å². The van der Waals surface area contributed by atoms with Crippen molar-refractivity contribution in [2.24, 2.45) is 0 Å². The summed E-state index contributed by atoms with van der Waals surface area (Å²) in [4.78, 5) is 13.1. The molecule has 0 unspecified atom stereocenters. The Morgan fingerprint density at radius 3 is 2.16 bits per heavy atom. The molecule has 0 fully saturated rings. The van der Waals surface area contributed by atoms with Crippen molar-refractivity contribution < 1.29 is 19.0 Å². The number of unbranched alkanes of at least 4 members (excludes halogenated alkanes) is 1. The van der Waals surface area contributed by atoms with Gasteiger partial charge < -0.3 is 19.1 Å². The second kappa shape index (κ2) is 10.0. The van der Waals surface area contributed by atoms with Crippen LogP contribution in [0.3, 0.4) is 0 Å². The van der Waals surface area contributed by atoms with Crippen LogP contribution in [0.2, 0.25) is 0 Å². The Morgan fingerprint density at radius 1 is 1.05 bits per heavy atom. The van der Waals surface area contributed by atoms with E-state index in [0.29, 0.717) is 26.4 Å². The van der Waals surface area contributed by atoms with Crippen molar-refractivity contribution in [1.82, 2.24) is 4.90 Å². The number of hydrogen-bond acceptors (Lipinski definition) is 4. The van der Waals surface area contributed by atoms with Gasteiger partial charge in [-0.05, 0) is 27.2 Å². The number of hydrogen-bond donors (Lipinski definition) is 0. The highest BCUT2D eigenvalue weighted by molar-refractivity contribution is 5.67. The van der Waals surface area contributed by atoms with Gasteiger partial charge in [-0.1, -0.05) is 13.3 Å². The minimum Gasteiger partial charge on any atom is -0.444 e. The molecule has 0 aromatic rings. The SMILES string of the molecule is CCCCOCCOCCN(C)C(=O)OC(C)(C)C. The first-order valence-corrected chi connectivity index (χ1v) is 6.96. The summed E-state index contributed by atoms with van der Waals surface area (Å²) in [7, 11) is 1.70. The van der Waals surface area contributed by atoms with E-state index >= 15 is 0 Å². The maximum Gasteiger partial charge on any atom is 0.410 e. The van der Waals surface area contributed by atoms with Crippen molar-refractivity contribution in [2.75, 3.05) is 40.0 Å². The zero-order chi connectivity index (χ0) is 14.7. The lowest BCUT2D eigenvalue weighted by Crippen LogP contribution is -2.36. The van der Waals surface area contributed by atoms with Crippen LogP contribution in [0.15, 0.2) is 0 Å². The molecule has 0 aliphatic heterocycles. The fraction of sp³-hybridized carbons (Fsp3) is 0.929. The Balaban J connectivity index is 3.48. The van der Waals surface area contributed by atoms with Gasteiger partial charge in [-0.15, -0.1) is 0 Å². The van der Waals surface area contributed by atoms with E-state index < -0.39 is 5.60 Å². The highest BCUT2D eigenvalue weighted by Crippen LogP contribution is 2.08. The van der Waals surface area contributed by atoms with Crippen molar-refractivity contribution in [2.45, 2.75) is 46.1 Å². The van der Waals surface area contributed by atoms with Gasteiger partial charge in [0.25, 0.3) is 0 Å². The van der Waals surface area contributed by atoms with Gasteiger partial charge in [0.1, 0.15) is 5.60 Å². The minimum absolute atomic E-state index is 0.324. The molecule has 0 spiro atoms. The second-order valence-corrected chi connectivity index (χ2v) is 5.48. The number of amides is 1. The third kappa shape index (κ3) is 12.0. The largest absolute Gasteiger partial charge is 0.444 e. The number of rotatable bonds is 9. The first-order valence-electron chi connectivity index (χ1n) is 6.96. The lowest BCUT2D eigenvalue weighted by Gasteiger charge is -2.24. The fourth-order valence-corrected chi connectivity index (χ4v) is 1.20. The van der Waals surface area contributed by atoms with E-state index in [9.17, 15) is 4.79 Å². The lowest BCUT2D eigenvalue weighted by atomic mass is 10.2. The molecular formula is C14H29NO4. The van der Waals surface area contributed by atoms with E-state index in [0.717, 1.165) is 19.4 Å². The molecule has 19 heavy (non-hydrogen) atoms. The van der Waals surface area contributed by atoms with Gasteiger partial charge in [-0.3, -0.25) is 0 Å². The number of likely N-dealkylation sites (N-methyl/N-ethyl adjacent to an activating group) is 1. The summed E-state index contributed by atoms with van der Waals surface area (Å²) in [6.07, 6.45) is 1.90. The van der Waals surface area contributed by atoms with Gasteiger partial charge in [0, 0.05) is 20.2 Å². The standard InChI is InChI=1S/C14H29NO4/c1-6-7-9-17-11-12-18-10-8-15(5)13(16)19-14(2,3)4/h6-12H2,1-5H3. The van der Waals surface area contributed by atoms with Crippen LogP contribution in [0, 0.1) is 0 Å². The number of nitrogens with zero attached hydrogens (tertiary/aromatic N) is 1. The van der Waals surface area contributed by atoms with E-state index in [1.807, 2.05) is 20.8 Å². The third-order valence-corrected chi connectivity index (χ3v) is 2.29. The van der Waals surface area contributed by atoms with Crippen LogP contribution in [-0.4, -0.2) is 56.6 Å². The van der Waals surface area contributed by atoms with Gasteiger partial charge >= 0.3 is 6.09 Å². The molecular weight excluding hydrogens is 246 g/mol.